The molecule has 1 heterocycles. The van der Waals surface area contributed by atoms with Crippen LogP contribution in [0.5, 0.6) is 0 Å². The molecule has 6 heteroatoms. The summed E-state index contributed by atoms with van der Waals surface area (Å²) in [5.41, 5.74) is 2.48. The molecule has 0 saturated carbocycles. The van der Waals surface area contributed by atoms with E-state index < -0.39 is 0 Å². The van der Waals surface area contributed by atoms with Crippen molar-refractivity contribution in [1.82, 2.24) is 10.6 Å². The summed E-state index contributed by atoms with van der Waals surface area (Å²) in [6.07, 6.45) is 0.754. The molecule has 0 aliphatic carbocycles. The van der Waals surface area contributed by atoms with E-state index in [0.717, 1.165) is 23.2 Å². The highest BCUT2D eigenvalue weighted by atomic mass is 35.5. The second kappa shape index (κ2) is 7.75. The number of para-hydroxylation sites is 1. The van der Waals surface area contributed by atoms with Crippen LogP contribution in [-0.2, 0) is 9.59 Å². The van der Waals surface area contributed by atoms with Crippen LogP contribution in [-0.4, -0.2) is 29.4 Å². The maximum atomic E-state index is 12.5. The van der Waals surface area contributed by atoms with Gasteiger partial charge in [-0.3, -0.25) is 9.59 Å². The molecule has 5 nitrogen and oxygen atoms in total. The number of hydrogen-bond acceptors (Lipinski definition) is 3. The third kappa shape index (κ3) is 5.19. The summed E-state index contributed by atoms with van der Waals surface area (Å²) >= 11 is 0. The lowest BCUT2D eigenvalue weighted by molar-refractivity contribution is -0.128. The third-order valence-corrected chi connectivity index (χ3v) is 4.73. The maximum absolute atomic E-state index is 12.5. The first-order valence-electron chi connectivity index (χ1n) is 8.45. The van der Waals surface area contributed by atoms with Crippen LogP contribution in [0.1, 0.15) is 45.2 Å². The fraction of sp³-hybridized carbons (Fsp3) is 0.579. The summed E-state index contributed by atoms with van der Waals surface area (Å²) in [7, 11) is 0. The number of anilines is 1. The van der Waals surface area contributed by atoms with Crippen LogP contribution < -0.4 is 16.0 Å². The topological polar surface area (TPSA) is 70.2 Å². The molecule has 0 bridgehead atoms. The Balaban J connectivity index is 0.00000312. The van der Waals surface area contributed by atoms with Gasteiger partial charge in [0.1, 0.15) is 0 Å². The second-order valence-corrected chi connectivity index (χ2v) is 8.02. The molecule has 1 aromatic carbocycles. The number of carbonyl (C=O) groups excluding carboxylic acids is 2. The van der Waals surface area contributed by atoms with E-state index >= 15 is 0 Å². The van der Waals surface area contributed by atoms with Crippen LogP contribution in [0.3, 0.4) is 0 Å². The molecule has 1 aliphatic heterocycles. The molecule has 3 N–H and O–H groups in total. The van der Waals surface area contributed by atoms with Crippen LogP contribution in [0, 0.1) is 19.8 Å². The molecule has 2 rings (SSSR count). The van der Waals surface area contributed by atoms with Gasteiger partial charge < -0.3 is 16.0 Å². The molecular formula is C19H30ClN3O2. The summed E-state index contributed by atoms with van der Waals surface area (Å²) in [6.45, 7) is 12.1. The summed E-state index contributed by atoms with van der Waals surface area (Å²) < 4.78 is 0. The van der Waals surface area contributed by atoms with E-state index in [1.807, 2.05) is 45.9 Å². The van der Waals surface area contributed by atoms with Crippen LogP contribution in [0.15, 0.2) is 18.2 Å². The summed E-state index contributed by atoms with van der Waals surface area (Å²) in [6, 6.07) is 5.87. The molecule has 1 aliphatic rings. The van der Waals surface area contributed by atoms with Gasteiger partial charge >= 0.3 is 0 Å². The SMILES string of the molecule is Cc1cccc(C)c1NC(=O)CNC(=O)C1CC(C)(C)NC1(C)C.Cl. The van der Waals surface area contributed by atoms with E-state index in [4.69, 9.17) is 0 Å². The number of hydrogen-bond donors (Lipinski definition) is 3. The molecule has 25 heavy (non-hydrogen) atoms. The Morgan fingerprint density at radius 3 is 2.20 bits per heavy atom. The molecule has 1 atom stereocenters. The summed E-state index contributed by atoms with van der Waals surface area (Å²) in [4.78, 5) is 24.7. The number of aryl methyl sites for hydroxylation is 2. The molecule has 140 valence electrons. The maximum Gasteiger partial charge on any atom is 0.243 e. The number of halogens is 1. The second-order valence-electron chi connectivity index (χ2n) is 8.02. The van der Waals surface area contributed by atoms with Crippen LogP contribution in [0.25, 0.3) is 0 Å². The van der Waals surface area contributed by atoms with Crippen molar-refractivity contribution in [2.75, 3.05) is 11.9 Å². The highest BCUT2D eigenvalue weighted by Gasteiger charge is 2.47. The van der Waals surface area contributed by atoms with Gasteiger partial charge in [-0.25, -0.2) is 0 Å². The summed E-state index contributed by atoms with van der Waals surface area (Å²) in [5.74, 6) is -0.431. The van der Waals surface area contributed by atoms with Gasteiger partial charge in [-0.2, -0.15) is 0 Å². The minimum atomic E-state index is -0.281. The molecule has 1 saturated heterocycles. The molecule has 2 amide bonds. The van der Waals surface area contributed by atoms with E-state index in [9.17, 15) is 9.59 Å². The molecule has 1 unspecified atom stereocenters. The van der Waals surface area contributed by atoms with E-state index in [-0.39, 0.29) is 47.8 Å². The van der Waals surface area contributed by atoms with Crippen LogP contribution in [0.2, 0.25) is 0 Å². The van der Waals surface area contributed by atoms with Crippen LogP contribution >= 0.6 is 12.4 Å². The van der Waals surface area contributed by atoms with Gasteiger partial charge in [0.05, 0.1) is 12.5 Å². The first kappa shape index (κ1) is 21.5. The molecule has 1 aromatic rings. The van der Waals surface area contributed by atoms with Gasteiger partial charge in [0.15, 0.2) is 0 Å². The number of nitrogens with one attached hydrogen (secondary N) is 3. The number of amides is 2. The Bertz CT molecular complexity index is 636. The molecule has 0 spiro atoms. The smallest absolute Gasteiger partial charge is 0.243 e. The molecular weight excluding hydrogens is 338 g/mol. The zero-order chi connectivity index (χ0) is 18.1. The fourth-order valence-corrected chi connectivity index (χ4v) is 3.68. The lowest BCUT2D eigenvalue weighted by Gasteiger charge is -2.27. The first-order chi connectivity index (χ1) is 11.0. The van der Waals surface area contributed by atoms with Crippen molar-refractivity contribution in [3.8, 4) is 0 Å². The normalized spacial score (nSPS) is 20.5. The molecule has 1 fully saturated rings. The number of rotatable bonds is 4. The largest absolute Gasteiger partial charge is 0.347 e. The van der Waals surface area contributed by atoms with Crippen molar-refractivity contribution in [1.29, 1.82) is 0 Å². The van der Waals surface area contributed by atoms with Gasteiger partial charge in [-0.05, 0) is 59.1 Å². The molecule has 0 aromatic heterocycles. The van der Waals surface area contributed by atoms with E-state index in [0.29, 0.717) is 0 Å². The fourth-order valence-electron chi connectivity index (χ4n) is 3.68. The Labute approximate surface area is 156 Å². The Kier molecular flexibility index (Phi) is 6.65. The van der Waals surface area contributed by atoms with Gasteiger partial charge in [-0.1, -0.05) is 18.2 Å². The zero-order valence-corrected chi connectivity index (χ0v) is 16.8. The average Bonchev–Trinajstić information content (AvgIpc) is 2.68. The lowest BCUT2D eigenvalue weighted by atomic mass is 9.86. The van der Waals surface area contributed by atoms with Gasteiger partial charge in [0.25, 0.3) is 0 Å². The molecule has 0 radical (unpaired) electrons. The van der Waals surface area contributed by atoms with Crippen molar-refractivity contribution in [2.45, 2.75) is 59.0 Å². The van der Waals surface area contributed by atoms with E-state index in [1.54, 1.807) is 0 Å². The predicted molar refractivity (Wildman–Crippen MR) is 104 cm³/mol. The van der Waals surface area contributed by atoms with Gasteiger partial charge in [0.2, 0.25) is 11.8 Å². The van der Waals surface area contributed by atoms with Crippen molar-refractivity contribution in [3.63, 3.8) is 0 Å². The zero-order valence-electron chi connectivity index (χ0n) is 15.9. The average molecular weight is 368 g/mol. The third-order valence-electron chi connectivity index (χ3n) is 4.73. The van der Waals surface area contributed by atoms with Gasteiger partial charge in [-0.15, -0.1) is 12.4 Å². The minimum absolute atomic E-state index is 0. The highest BCUT2D eigenvalue weighted by molar-refractivity contribution is 5.96. The predicted octanol–water partition coefficient (Wildman–Crippen LogP) is 2.95. The minimum Gasteiger partial charge on any atom is -0.347 e. The number of benzene rings is 1. The van der Waals surface area contributed by atoms with Gasteiger partial charge in [0, 0.05) is 16.8 Å². The van der Waals surface area contributed by atoms with E-state index in [2.05, 4.69) is 29.8 Å². The Morgan fingerprint density at radius 2 is 1.72 bits per heavy atom. The summed E-state index contributed by atoms with van der Waals surface area (Å²) in [5, 5.41) is 9.16. The Hall–Kier alpha value is -1.59. The number of carbonyl (C=O) groups is 2. The van der Waals surface area contributed by atoms with Crippen molar-refractivity contribution >= 4 is 29.9 Å². The highest BCUT2D eigenvalue weighted by Crippen LogP contribution is 2.35. The van der Waals surface area contributed by atoms with Crippen molar-refractivity contribution in [3.05, 3.63) is 29.3 Å². The lowest BCUT2D eigenvalue weighted by Crippen LogP contribution is -2.49. The van der Waals surface area contributed by atoms with E-state index in [1.165, 1.54) is 0 Å². The standard InChI is InChI=1S/C19H29N3O2.ClH/c1-12-8-7-9-13(2)16(12)21-15(23)11-20-17(24)14-10-18(3,4)22-19(14,5)6;/h7-9,14,22H,10-11H2,1-6H3,(H,20,24)(H,21,23);1H. The van der Waals surface area contributed by atoms with Crippen molar-refractivity contribution in [2.24, 2.45) is 5.92 Å². The van der Waals surface area contributed by atoms with Crippen molar-refractivity contribution < 1.29 is 9.59 Å². The Morgan fingerprint density at radius 1 is 1.16 bits per heavy atom. The van der Waals surface area contributed by atoms with Crippen LogP contribution in [0.4, 0.5) is 5.69 Å². The quantitative estimate of drug-likeness (QED) is 0.766. The first-order valence-corrected chi connectivity index (χ1v) is 8.45. The monoisotopic (exact) mass is 367 g/mol.